The molecule has 4 N–H and O–H groups in total. The van der Waals surface area contributed by atoms with Crippen LogP contribution in [0.5, 0.6) is 0 Å². The molecule has 1 aromatic carbocycles. The molecule has 5 heterocycles. The normalized spacial score (nSPS) is 28.4. The van der Waals surface area contributed by atoms with Crippen molar-refractivity contribution >= 4 is 47.2 Å². The average Bonchev–Trinajstić information content (AvgIpc) is 3.30. The molecule has 32 heavy (non-hydrogen) atoms. The second kappa shape index (κ2) is 5.87. The van der Waals surface area contributed by atoms with E-state index >= 15 is 0 Å². The SMILES string of the molecule is CC1(C)C(=O)Nc2cc(NC3=N[N+]4(N5CC6(C5)NC(=O)NC6=O)C=CN=CC4=N3)ccc21. The number of carbonyl (C=O) groups excluding carboxylic acids is 3. The number of rotatable bonds is 2. The van der Waals surface area contributed by atoms with Crippen molar-refractivity contribution in [1.29, 1.82) is 0 Å². The van der Waals surface area contributed by atoms with Crippen LogP contribution in [0.1, 0.15) is 19.4 Å². The number of hydrogen-bond donors (Lipinski definition) is 4. The lowest BCUT2D eigenvalue weighted by atomic mass is 9.86. The van der Waals surface area contributed by atoms with Crippen LogP contribution in [0.15, 0.2) is 45.7 Å². The molecular weight excluding hydrogens is 414 g/mol. The molecule has 0 bridgehead atoms. The number of aliphatic imine (C=N–C) groups is 2. The Kier molecular flexibility index (Phi) is 3.45. The van der Waals surface area contributed by atoms with Crippen LogP contribution in [-0.2, 0) is 15.0 Å². The smallest absolute Gasteiger partial charge is 0.322 e. The summed E-state index contributed by atoms with van der Waals surface area (Å²) < 4.78 is -0.0779. The fourth-order valence-electron chi connectivity index (χ4n) is 4.56. The summed E-state index contributed by atoms with van der Waals surface area (Å²) >= 11 is 0. The number of amidine groups is 1. The third-order valence-electron chi connectivity index (χ3n) is 6.47. The molecule has 5 aliphatic rings. The molecule has 0 aromatic heterocycles. The van der Waals surface area contributed by atoms with Crippen LogP contribution in [-0.4, -0.2) is 64.2 Å². The molecule has 12 heteroatoms. The Balaban J connectivity index is 1.27. The van der Waals surface area contributed by atoms with Crippen molar-refractivity contribution in [2.75, 3.05) is 23.7 Å². The molecule has 162 valence electrons. The van der Waals surface area contributed by atoms with E-state index in [1.165, 1.54) is 0 Å². The summed E-state index contributed by atoms with van der Waals surface area (Å²) in [6, 6.07) is 5.16. The van der Waals surface area contributed by atoms with Gasteiger partial charge in [0.05, 0.1) is 24.7 Å². The van der Waals surface area contributed by atoms with Gasteiger partial charge < -0.3 is 16.0 Å². The molecule has 0 saturated carbocycles. The molecule has 1 unspecified atom stereocenters. The molecule has 4 amide bonds. The van der Waals surface area contributed by atoms with E-state index in [1.807, 2.05) is 37.1 Å². The van der Waals surface area contributed by atoms with E-state index in [0.717, 1.165) is 16.9 Å². The topological polar surface area (TPSA) is 140 Å². The summed E-state index contributed by atoms with van der Waals surface area (Å²) in [4.78, 5) is 44.7. The molecule has 5 aliphatic heterocycles. The van der Waals surface area contributed by atoms with Crippen LogP contribution in [0, 0.1) is 0 Å². The monoisotopic (exact) mass is 434 g/mol. The third-order valence-corrected chi connectivity index (χ3v) is 6.47. The number of nitrogens with one attached hydrogen (secondary N) is 4. The molecule has 12 nitrogen and oxygen atoms in total. The van der Waals surface area contributed by atoms with Crippen LogP contribution >= 0.6 is 0 Å². The standard InChI is InChI=1S/C20H19N9O3/c1-19(2)12-4-3-11(7-13(12)23-15(19)30)22-17-24-14-8-21-5-6-29(14,27-17)28-9-20(10-28)16(31)25-18(32)26-20/h3-8H,9-10H2,1-2H3,(H3-,22,23,25,26,27,30,31,32)/p+1. The Labute approximate surface area is 182 Å². The van der Waals surface area contributed by atoms with Crippen LogP contribution in [0.3, 0.4) is 0 Å². The lowest BCUT2D eigenvalue weighted by Crippen LogP contribution is -2.77. The highest BCUT2D eigenvalue weighted by Gasteiger charge is 2.64. The molecular formula is C20H20N9O3+. The lowest BCUT2D eigenvalue weighted by Gasteiger charge is -2.48. The molecule has 1 spiro atoms. The lowest BCUT2D eigenvalue weighted by molar-refractivity contribution is -0.927. The van der Waals surface area contributed by atoms with Crippen molar-refractivity contribution in [3.63, 3.8) is 0 Å². The summed E-state index contributed by atoms with van der Waals surface area (Å²) in [5.41, 5.74) is 0.893. The highest BCUT2D eigenvalue weighted by atomic mass is 16.2. The highest BCUT2D eigenvalue weighted by Crippen LogP contribution is 2.39. The first kappa shape index (κ1) is 18.8. The number of anilines is 2. The summed E-state index contributed by atoms with van der Waals surface area (Å²) in [5, 5.41) is 17.8. The van der Waals surface area contributed by atoms with E-state index in [0.29, 0.717) is 11.8 Å². The van der Waals surface area contributed by atoms with Crippen molar-refractivity contribution in [2.24, 2.45) is 15.1 Å². The molecule has 6 rings (SSSR count). The Morgan fingerprint density at radius 1 is 1.12 bits per heavy atom. The minimum absolute atomic E-state index is 0.0409. The zero-order chi connectivity index (χ0) is 22.3. The molecule has 2 fully saturated rings. The van der Waals surface area contributed by atoms with Crippen molar-refractivity contribution in [3.8, 4) is 0 Å². The first-order chi connectivity index (χ1) is 15.2. The maximum absolute atomic E-state index is 12.2. The number of quaternary nitrogens is 1. The number of urea groups is 1. The summed E-state index contributed by atoms with van der Waals surface area (Å²) in [6.45, 7) is 4.33. The summed E-state index contributed by atoms with van der Waals surface area (Å²) in [7, 11) is 0. The summed E-state index contributed by atoms with van der Waals surface area (Å²) in [5.74, 6) is 0.545. The Morgan fingerprint density at radius 2 is 1.94 bits per heavy atom. The Morgan fingerprint density at radius 3 is 2.69 bits per heavy atom. The fraction of sp³-hybridized carbons (Fsp3) is 0.300. The van der Waals surface area contributed by atoms with E-state index < -0.39 is 17.0 Å². The third kappa shape index (κ3) is 2.38. The van der Waals surface area contributed by atoms with E-state index in [9.17, 15) is 14.4 Å². The number of imide groups is 1. The van der Waals surface area contributed by atoms with Gasteiger partial charge in [-0.2, -0.15) is 0 Å². The van der Waals surface area contributed by atoms with Gasteiger partial charge in [0, 0.05) is 11.4 Å². The van der Waals surface area contributed by atoms with Crippen LogP contribution in [0.4, 0.5) is 16.2 Å². The number of guanidine groups is 1. The van der Waals surface area contributed by atoms with Gasteiger partial charge in [-0.15, -0.1) is 10.0 Å². The number of amides is 4. The first-order valence-corrected chi connectivity index (χ1v) is 10.1. The van der Waals surface area contributed by atoms with Gasteiger partial charge in [-0.05, 0) is 41.3 Å². The molecule has 1 atom stereocenters. The van der Waals surface area contributed by atoms with E-state index in [1.54, 1.807) is 18.6 Å². The minimum atomic E-state index is -0.950. The van der Waals surface area contributed by atoms with Gasteiger partial charge in [-0.25, -0.2) is 4.79 Å². The number of carbonyl (C=O) groups is 3. The Bertz CT molecular complexity index is 1240. The molecule has 1 aromatic rings. The minimum Gasteiger partial charge on any atom is -0.325 e. The van der Waals surface area contributed by atoms with Gasteiger partial charge >= 0.3 is 11.9 Å². The van der Waals surface area contributed by atoms with E-state index in [2.05, 4.69) is 31.3 Å². The zero-order valence-corrected chi connectivity index (χ0v) is 17.3. The zero-order valence-electron chi connectivity index (χ0n) is 17.3. The predicted octanol–water partition coefficient (Wildman–Crippen LogP) is 0.193. The number of benzene rings is 1. The second-order valence-electron chi connectivity index (χ2n) is 8.90. The number of nitrogens with zero attached hydrogens (tertiary/aromatic N) is 5. The van der Waals surface area contributed by atoms with Gasteiger partial charge in [0.15, 0.2) is 11.7 Å². The molecule has 0 radical (unpaired) electrons. The van der Waals surface area contributed by atoms with Gasteiger partial charge in [0.1, 0.15) is 6.21 Å². The maximum atomic E-state index is 12.2. The van der Waals surface area contributed by atoms with Crippen molar-refractivity contribution < 1.29 is 19.1 Å². The van der Waals surface area contributed by atoms with Gasteiger partial charge in [0.2, 0.25) is 5.91 Å². The predicted molar refractivity (Wildman–Crippen MR) is 115 cm³/mol. The van der Waals surface area contributed by atoms with Crippen molar-refractivity contribution in [3.05, 3.63) is 36.2 Å². The quantitative estimate of drug-likeness (QED) is 0.389. The maximum Gasteiger partial charge on any atom is 0.322 e. The number of fused-ring (bicyclic) bond motifs is 2. The van der Waals surface area contributed by atoms with Crippen LogP contribution < -0.4 is 21.3 Å². The van der Waals surface area contributed by atoms with Gasteiger partial charge in [0.25, 0.3) is 11.9 Å². The Hall–Kier alpha value is -3.90. The average molecular weight is 434 g/mol. The van der Waals surface area contributed by atoms with E-state index in [-0.39, 0.29) is 29.6 Å². The van der Waals surface area contributed by atoms with Crippen LogP contribution in [0.25, 0.3) is 0 Å². The number of hydrogen-bond acceptors (Lipinski definition) is 8. The highest BCUT2D eigenvalue weighted by molar-refractivity contribution is 6.30. The second-order valence-corrected chi connectivity index (χ2v) is 8.90. The summed E-state index contributed by atoms with van der Waals surface area (Å²) in [6.07, 6.45) is 5.00. The molecule has 2 saturated heterocycles. The molecule has 0 aliphatic carbocycles. The largest absolute Gasteiger partial charge is 0.325 e. The fourth-order valence-corrected chi connectivity index (χ4v) is 4.56. The van der Waals surface area contributed by atoms with E-state index in [4.69, 9.17) is 5.10 Å². The van der Waals surface area contributed by atoms with Gasteiger partial charge in [-0.3, -0.25) is 19.9 Å². The first-order valence-electron chi connectivity index (χ1n) is 10.1. The van der Waals surface area contributed by atoms with Crippen molar-refractivity contribution in [2.45, 2.75) is 24.8 Å². The van der Waals surface area contributed by atoms with Crippen molar-refractivity contribution in [1.82, 2.24) is 15.6 Å². The van der Waals surface area contributed by atoms with Gasteiger partial charge in [-0.1, -0.05) is 6.07 Å². The van der Waals surface area contributed by atoms with Crippen LogP contribution in [0.2, 0.25) is 0 Å².